The van der Waals surface area contributed by atoms with Gasteiger partial charge in [0.1, 0.15) is 11.5 Å². The Kier molecular flexibility index (Phi) is 3.99. The minimum atomic E-state index is 0.0105. The molecular formula is C14H15BrN2O. The molecule has 1 aromatic carbocycles. The molecule has 1 atom stereocenters. The maximum atomic E-state index is 5.83. The molecule has 4 heteroatoms. The Balaban J connectivity index is 2.22. The molecule has 0 aliphatic rings. The van der Waals surface area contributed by atoms with Gasteiger partial charge in [0.15, 0.2) is 0 Å². The third-order valence-electron chi connectivity index (χ3n) is 2.59. The number of hydrogen-bond donors (Lipinski definition) is 1. The van der Waals surface area contributed by atoms with Crippen LogP contribution < -0.4 is 10.5 Å². The number of benzene rings is 1. The van der Waals surface area contributed by atoms with Gasteiger partial charge in [-0.05, 0) is 59.6 Å². The second kappa shape index (κ2) is 5.50. The SMILES string of the molecule is Cc1ccc(Oc2ccc([C@@H](C)N)cc2Br)cn1. The van der Waals surface area contributed by atoms with E-state index < -0.39 is 0 Å². The van der Waals surface area contributed by atoms with Gasteiger partial charge in [-0.1, -0.05) is 6.07 Å². The van der Waals surface area contributed by atoms with Crippen LogP contribution in [0.3, 0.4) is 0 Å². The third-order valence-corrected chi connectivity index (χ3v) is 3.21. The summed E-state index contributed by atoms with van der Waals surface area (Å²) in [7, 11) is 0. The summed E-state index contributed by atoms with van der Waals surface area (Å²) in [5.41, 5.74) is 7.86. The summed E-state index contributed by atoms with van der Waals surface area (Å²) in [6, 6.07) is 9.67. The largest absolute Gasteiger partial charge is 0.455 e. The van der Waals surface area contributed by atoms with E-state index in [9.17, 15) is 0 Å². The molecule has 0 bridgehead atoms. The molecule has 0 amide bonds. The molecule has 0 saturated carbocycles. The van der Waals surface area contributed by atoms with Crippen LogP contribution in [0.1, 0.15) is 24.2 Å². The van der Waals surface area contributed by atoms with Gasteiger partial charge in [-0.3, -0.25) is 4.98 Å². The molecule has 2 aromatic rings. The van der Waals surface area contributed by atoms with Crippen LogP contribution in [0.4, 0.5) is 0 Å². The van der Waals surface area contributed by atoms with Gasteiger partial charge in [-0.25, -0.2) is 0 Å². The highest BCUT2D eigenvalue weighted by atomic mass is 79.9. The predicted octanol–water partition coefficient (Wildman–Crippen LogP) is 3.96. The van der Waals surface area contributed by atoms with E-state index in [1.807, 2.05) is 44.2 Å². The highest BCUT2D eigenvalue weighted by molar-refractivity contribution is 9.10. The summed E-state index contributed by atoms with van der Waals surface area (Å²) in [5.74, 6) is 1.47. The molecule has 0 fully saturated rings. The summed E-state index contributed by atoms with van der Waals surface area (Å²) in [6.45, 7) is 3.89. The fourth-order valence-electron chi connectivity index (χ4n) is 1.52. The molecule has 2 N–H and O–H groups in total. The highest BCUT2D eigenvalue weighted by Crippen LogP contribution is 2.31. The van der Waals surface area contributed by atoms with E-state index in [0.29, 0.717) is 0 Å². The Morgan fingerprint density at radius 1 is 1.28 bits per heavy atom. The van der Waals surface area contributed by atoms with E-state index in [-0.39, 0.29) is 6.04 Å². The highest BCUT2D eigenvalue weighted by Gasteiger charge is 2.06. The Bertz CT molecular complexity index is 538. The number of nitrogens with two attached hydrogens (primary N) is 1. The molecule has 0 radical (unpaired) electrons. The van der Waals surface area contributed by atoms with Gasteiger partial charge in [0.05, 0.1) is 10.7 Å². The molecule has 0 spiro atoms. The van der Waals surface area contributed by atoms with Crippen molar-refractivity contribution < 1.29 is 4.74 Å². The summed E-state index contributed by atoms with van der Waals surface area (Å²) in [5, 5.41) is 0. The molecule has 2 rings (SSSR count). The van der Waals surface area contributed by atoms with E-state index >= 15 is 0 Å². The van der Waals surface area contributed by atoms with Gasteiger partial charge >= 0.3 is 0 Å². The number of pyridine rings is 1. The molecule has 0 unspecified atom stereocenters. The summed E-state index contributed by atoms with van der Waals surface area (Å²) < 4.78 is 6.64. The Hall–Kier alpha value is -1.39. The van der Waals surface area contributed by atoms with E-state index in [2.05, 4.69) is 20.9 Å². The van der Waals surface area contributed by atoms with E-state index in [0.717, 1.165) is 27.2 Å². The fraction of sp³-hybridized carbons (Fsp3) is 0.214. The van der Waals surface area contributed by atoms with Crippen LogP contribution in [-0.2, 0) is 0 Å². The zero-order valence-electron chi connectivity index (χ0n) is 10.4. The van der Waals surface area contributed by atoms with Gasteiger partial charge in [-0.15, -0.1) is 0 Å². The first-order valence-electron chi connectivity index (χ1n) is 5.72. The maximum Gasteiger partial charge on any atom is 0.145 e. The van der Waals surface area contributed by atoms with Crippen molar-refractivity contribution in [2.75, 3.05) is 0 Å². The number of aryl methyl sites for hydroxylation is 1. The van der Waals surface area contributed by atoms with Gasteiger partial charge in [0.25, 0.3) is 0 Å². The van der Waals surface area contributed by atoms with E-state index in [4.69, 9.17) is 10.5 Å². The smallest absolute Gasteiger partial charge is 0.145 e. The first-order valence-corrected chi connectivity index (χ1v) is 6.51. The second-order valence-electron chi connectivity index (χ2n) is 4.22. The molecule has 0 aliphatic carbocycles. The average Bonchev–Trinajstić information content (AvgIpc) is 2.34. The Morgan fingerprint density at radius 2 is 2.06 bits per heavy atom. The zero-order chi connectivity index (χ0) is 13.1. The number of ether oxygens (including phenoxy) is 1. The first kappa shape index (κ1) is 13.1. The third kappa shape index (κ3) is 3.09. The van der Waals surface area contributed by atoms with Gasteiger partial charge in [0, 0.05) is 11.7 Å². The summed E-state index contributed by atoms with van der Waals surface area (Å²) >= 11 is 3.49. The normalized spacial score (nSPS) is 12.2. The van der Waals surface area contributed by atoms with Crippen molar-refractivity contribution >= 4 is 15.9 Å². The van der Waals surface area contributed by atoms with Crippen molar-refractivity contribution in [3.05, 3.63) is 52.3 Å². The average molecular weight is 307 g/mol. The lowest BCUT2D eigenvalue weighted by atomic mass is 10.1. The molecule has 0 saturated heterocycles. The topological polar surface area (TPSA) is 48.1 Å². The molecule has 0 aliphatic heterocycles. The van der Waals surface area contributed by atoms with Crippen LogP contribution in [0.25, 0.3) is 0 Å². The molecule has 94 valence electrons. The number of halogens is 1. The van der Waals surface area contributed by atoms with Crippen molar-refractivity contribution in [2.24, 2.45) is 5.73 Å². The molecule has 1 heterocycles. The first-order chi connectivity index (χ1) is 8.56. The van der Waals surface area contributed by atoms with E-state index in [1.165, 1.54) is 0 Å². The summed E-state index contributed by atoms with van der Waals surface area (Å²) in [6.07, 6.45) is 1.71. The summed E-state index contributed by atoms with van der Waals surface area (Å²) in [4.78, 5) is 4.19. The Labute approximate surface area is 115 Å². The quantitative estimate of drug-likeness (QED) is 0.933. The number of rotatable bonds is 3. The lowest BCUT2D eigenvalue weighted by Gasteiger charge is -2.11. The molecule has 18 heavy (non-hydrogen) atoms. The monoisotopic (exact) mass is 306 g/mol. The number of aromatic nitrogens is 1. The predicted molar refractivity (Wildman–Crippen MR) is 75.8 cm³/mol. The standard InChI is InChI=1S/C14H15BrN2O/c1-9-3-5-12(8-17-9)18-14-6-4-11(10(2)16)7-13(14)15/h3-8,10H,16H2,1-2H3/t10-/m1/s1. The van der Waals surface area contributed by atoms with Crippen LogP contribution in [0, 0.1) is 6.92 Å². The fourth-order valence-corrected chi connectivity index (χ4v) is 2.00. The lowest BCUT2D eigenvalue weighted by Crippen LogP contribution is -2.04. The van der Waals surface area contributed by atoms with Crippen molar-refractivity contribution in [1.29, 1.82) is 0 Å². The van der Waals surface area contributed by atoms with Crippen molar-refractivity contribution in [3.63, 3.8) is 0 Å². The van der Waals surface area contributed by atoms with Gasteiger partial charge < -0.3 is 10.5 Å². The van der Waals surface area contributed by atoms with Crippen molar-refractivity contribution in [2.45, 2.75) is 19.9 Å². The van der Waals surface area contributed by atoms with Crippen LogP contribution in [0.5, 0.6) is 11.5 Å². The zero-order valence-corrected chi connectivity index (χ0v) is 11.9. The van der Waals surface area contributed by atoms with Gasteiger partial charge in [-0.2, -0.15) is 0 Å². The Morgan fingerprint density at radius 3 is 2.61 bits per heavy atom. The van der Waals surface area contributed by atoms with E-state index in [1.54, 1.807) is 6.20 Å². The minimum absolute atomic E-state index is 0.0105. The van der Waals surface area contributed by atoms with Crippen LogP contribution >= 0.6 is 15.9 Å². The molecule has 3 nitrogen and oxygen atoms in total. The van der Waals surface area contributed by atoms with Gasteiger partial charge in [0.2, 0.25) is 0 Å². The molecule has 1 aromatic heterocycles. The lowest BCUT2D eigenvalue weighted by molar-refractivity contribution is 0.476. The van der Waals surface area contributed by atoms with Crippen LogP contribution in [0.2, 0.25) is 0 Å². The van der Waals surface area contributed by atoms with Crippen LogP contribution in [-0.4, -0.2) is 4.98 Å². The second-order valence-corrected chi connectivity index (χ2v) is 5.07. The van der Waals surface area contributed by atoms with Crippen molar-refractivity contribution in [3.8, 4) is 11.5 Å². The minimum Gasteiger partial charge on any atom is -0.455 e. The number of hydrogen-bond acceptors (Lipinski definition) is 3. The van der Waals surface area contributed by atoms with Crippen molar-refractivity contribution in [1.82, 2.24) is 4.98 Å². The number of nitrogens with zero attached hydrogens (tertiary/aromatic N) is 1. The molecular weight excluding hydrogens is 292 g/mol. The van der Waals surface area contributed by atoms with Crippen LogP contribution in [0.15, 0.2) is 41.0 Å². The maximum absolute atomic E-state index is 5.83.